The van der Waals surface area contributed by atoms with E-state index in [0.717, 1.165) is 16.6 Å². The number of nitrogens with zero attached hydrogens (tertiary/aromatic N) is 2. The summed E-state index contributed by atoms with van der Waals surface area (Å²) in [6.07, 6.45) is 0.991. The molecule has 0 radical (unpaired) electrons. The van der Waals surface area contributed by atoms with E-state index in [4.69, 9.17) is 10.2 Å². The van der Waals surface area contributed by atoms with Gasteiger partial charge in [-0.3, -0.25) is 0 Å². The molecule has 1 aromatic carbocycles. The van der Waals surface area contributed by atoms with E-state index in [2.05, 4.69) is 52.1 Å². The number of benzene rings is 1. The number of halogens is 2. The van der Waals surface area contributed by atoms with Crippen LogP contribution < -0.4 is 5.73 Å². The third kappa shape index (κ3) is 5.29. The topological polar surface area (TPSA) is 64.9 Å². The lowest BCUT2D eigenvalue weighted by Gasteiger charge is -2.13. The zero-order valence-electron chi connectivity index (χ0n) is 12.0. The second-order valence-corrected chi connectivity index (χ2v) is 6.57. The Morgan fingerprint density at radius 3 is 2.57 bits per heavy atom. The zero-order chi connectivity index (χ0) is 14.5. The number of hydrogen-bond acceptors (Lipinski definition) is 5. The monoisotopic (exact) mass is 391 g/mol. The molecule has 7 heteroatoms. The van der Waals surface area contributed by atoms with Gasteiger partial charge in [0.25, 0.3) is 5.22 Å². The first-order valence-electron chi connectivity index (χ1n) is 6.56. The summed E-state index contributed by atoms with van der Waals surface area (Å²) in [6, 6.07) is 8.00. The lowest BCUT2D eigenvalue weighted by atomic mass is 10.0. The van der Waals surface area contributed by atoms with Crippen LogP contribution in [-0.4, -0.2) is 10.2 Å². The molecule has 116 valence electrons. The Morgan fingerprint density at radius 1 is 1.29 bits per heavy atom. The van der Waals surface area contributed by atoms with Crippen molar-refractivity contribution in [3.8, 4) is 0 Å². The summed E-state index contributed by atoms with van der Waals surface area (Å²) in [4.78, 5) is 0. The van der Waals surface area contributed by atoms with E-state index in [1.165, 1.54) is 17.3 Å². The predicted octanol–water partition coefficient (Wildman–Crippen LogP) is 4.59. The molecule has 0 fully saturated rings. The van der Waals surface area contributed by atoms with Gasteiger partial charge in [-0.05, 0) is 23.6 Å². The van der Waals surface area contributed by atoms with Crippen molar-refractivity contribution in [1.29, 1.82) is 0 Å². The minimum Gasteiger partial charge on any atom is -0.414 e. The van der Waals surface area contributed by atoms with E-state index in [1.807, 2.05) is 12.1 Å². The molecule has 2 N–H and O–H groups in total. The molecule has 1 unspecified atom stereocenters. The summed E-state index contributed by atoms with van der Waals surface area (Å²) < 4.78 is 6.70. The smallest absolute Gasteiger partial charge is 0.276 e. The van der Waals surface area contributed by atoms with Gasteiger partial charge in [0.05, 0.1) is 6.04 Å². The third-order valence-electron chi connectivity index (χ3n) is 3.24. The molecule has 0 bridgehead atoms. The highest BCUT2D eigenvalue weighted by Gasteiger charge is 2.19. The zero-order valence-corrected chi connectivity index (χ0v) is 15.2. The molecule has 2 rings (SSSR count). The van der Waals surface area contributed by atoms with Crippen molar-refractivity contribution in [2.24, 2.45) is 11.7 Å². The second-order valence-electron chi connectivity index (χ2n) is 4.73. The van der Waals surface area contributed by atoms with E-state index >= 15 is 0 Å². The number of hydrogen-bond donors (Lipinski definition) is 1. The first-order valence-corrected chi connectivity index (χ1v) is 8.34. The van der Waals surface area contributed by atoms with Crippen LogP contribution in [0, 0.1) is 5.92 Å². The summed E-state index contributed by atoms with van der Waals surface area (Å²) in [5, 5.41) is 8.66. The van der Waals surface area contributed by atoms with Crippen LogP contribution in [-0.2, 0) is 5.75 Å². The molecule has 2 aromatic rings. The molecule has 0 aliphatic carbocycles. The maximum absolute atomic E-state index is 6.08. The molecule has 0 spiro atoms. The van der Waals surface area contributed by atoms with Crippen LogP contribution in [0.2, 0.25) is 0 Å². The van der Waals surface area contributed by atoms with Crippen molar-refractivity contribution in [3.05, 3.63) is 40.2 Å². The maximum Gasteiger partial charge on any atom is 0.276 e. The SMILES string of the molecule is CCC(C)[C@@H](N)c1nnc(SCc2ccc(Br)cc2)o1.Cl. The number of nitrogens with two attached hydrogens (primary N) is 1. The first-order chi connectivity index (χ1) is 9.60. The van der Waals surface area contributed by atoms with Crippen molar-refractivity contribution in [3.63, 3.8) is 0 Å². The van der Waals surface area contributed by atoms with E-state index in [0.29, 0.717) is 17.0 Å². The quantitative estimate of drug-likeness (QED) is 0.728. The highest BCUT2D eigenvalue weighted by molar-refractivity contribution is 9.10. The van der Waals surface area contributed by atoms with Crippen molar-refractivity contribution < 1.29 is 4.42 Å². The van der Waals surface area contributed by atoms with Gasteiger partial charge in [-0.2, -0.15) is 0 Å². The number of thioether (sulfide) groups is 1. The molecule has 1 heterocycles. The van der Waals surface area contributed by atoms with Crippen molar-refractivity contribution in [2.45, 2.75) is 37.3 Å². The molecular weight excluding hydrogens is 374 g/mol. The minimum atomic E-state index is -0.186. The van der Waals surface area contributed by atoms with Crippen LogP contribution in [0.5, 0.6) is 0 Å². The summed E-state index contributed by atoms with van der Waals surface area (Å²) in [7, 11) is 0. The minimum absolute atomic E-state index is 0. The Hall–Kier alpha value is -0.560. The van der Waals surface area contributed by atoms with Gasteiger partial charge in [0, 0.05) is 10.2 Å². The lowest BCUT2D eigenvalue weighted by Crippen LogP contribution is -2.18. The number of rotatable bonds is 6. The fourth-order valence-corrected chi connectivity index (χ4v) is 2.63. The van der Waals surface area contributed by atoms with Gasteiger partial charge in [0.2, 0.25) is 5.89 Å². The van der Waals surface area contributed by atoms with Crippen LogP contribution in [0.3, 0.4) is 0 Å². The van der Waals surface area contributed by atoms with E-state index in [9.17, 15) is 0 Å². The average Bonchev–Trinajstić information content (AvgIpc) is 2.94. The Kier molecular flexibility index (Phi) is 7.73. The molecule has 0 saturated carbocycles. The predicted molar refractivity (Wildman–Crippen MR) is 91.6 cm³/mol. The standard InChI is InChI=1S/C14H18BrN3OS.ClH/c1-3-9(2)12(16)13-17-18-14(19-13)20-8-10-4-6-11(15)7-5-10;/h4-7,9,12H,3,8,16H2,1-2H3;1H/t9?,12-;/m1./s1. The molecular formula is C14H19BrClN3OS. The van der Waals surface area contributed by atoms with Gasteiger partial charge in [0.1, 0.15) is 0 Å². The van der Waals surface area contributed by atoms with Crippen LogP contribution in [0.4, 0.5) is 0 Å². The van der Waals surface area contributed by atoms with Gasteiger partial charge < -0.3 is 10.2 Å². The largest absolute Gasteiger partial charge is 0.414 e. The normalized spacial score (nSPS) is 13.5. The lowest BCUT2D eigenvalue weighted by molar-refractivity contribution is 0.333. The molecule has 0 aliphatic rings. The van der Waals surface area contributed by atoms with Crippen molar-refractivity contribution in [2.75, 3.05) is 0 Å². The third-order valence-corrected chi connectivity index (χ3v) is 4.66. The molecule has 21 heavy (non-hydrogen) atoms. The fourth-order valence-electron chi connectivity index (χ4n) is 1.64. The summed E-state index contributed by atoms with van der Waals surface area (Å²) in [6.45, 7) is 4.19. The Morgan fingerprint density at radius 2 is 1.95 bits per heavy atom. The van der Waals surface area contributed by atoms with Gasteiger partial charge in [-0.15, -0.1) is 22.6 Å². The fraction of sp³-hybridized carbons (Fsp3) is 0.429. The molecule has 1 aromatic heterocycles. The van der Waals surface area contributed by atoms with Crippen molar-refractivity contribution in [1.82, 2.24) is 10.2 Å². The first kappa shape index (κ1) is 18.5. The summed E-state index contributed by atoms with van der Waals surface area (Å²) in [5.41, 5.74) is 7.29. The second kappa shape index (κ2) is 8.78. The van der Waals surface area contributed by atoms with Gasteiger partial charge in [-0.25, -0.2) is 0 Å². The number of aromatic nitrogens is 2. The summed E-state index contributed by atoms with van der Waals surface area (Å²) in [5.74, 6) is 1.66. The van der Waals surface area contributed by atoms with E-state index in [-0.39, 0.29) is 18.4 Å². The molecule has 4 nitrogen and oxygen atoms in total. The molecule has 0 amide bonds. The van der Waals surface area contributed by atoms with Crippen LogP contribution in [0.1, 0.15) is 37.8 Å². The Bertz CT molecular complexity index is 549. The van der Waals surface area contributed by atoms with Crippen LogP contribution in [0.25, 0.3) is 0 Å². The molecule has 0 aliphatic heterocycles. The summed E-state index contributed by atoms with van der Waals surface area (Å²) >= 11 is 4.95. The molecule has 2 atom stereocenters. The highest BCUT2D eigenvalue weighted by Crippen LogP contribution is 2.26. The van der Waals surface area contributed by atoms with Crippen LogP contribution in [0.15, 0.2) is 38.4 Å². The van der Waals surface area contributed by atoms with E-state index < -0.39 is 0 Å². The van der Waals surface area contributed by atoms with E-state index in [1.54, 1.807) is 0 Å². The van der Waals surface area contributed by atoms with Gasteiger partial charge in [-0.1, -0.05) is 60.1 Å². The highest BCUT2D eigenvalue weighted by atomic mass is 79.9. The Balaban J connectivity index is 0.00000220. The maximum atomic E-state index is 6.08. The van der Waals surface area contributed by atoms with Gasteiger partial charge in [0.15, 0.2) is 0 Å². The average molecular weight is 393 g/mol. The molecule has 0 saturated heterocycles. The van der Waals surface area contributed by atoms with Gasteiger partial charge >= 0.3 is 0 Å². The van der Waals surface area contributed by atoms with Crippen LogP contribution >= 0.6 is 40.1 Å². The van der Waals surface area contributed by atoms with Crippen molar-refractivity contribution >= 4 is 40.1 Å². The Labute approximate surface area is 143 Å².